The van der Waals surface area contributed by atoms with Crippen LogP contribution in [0.1, 0.15) is 34.3 Å². The number of hydrogen-bond donors (Lipinski definition) is 2. The van der Waals surface area contributed by atoms with Gasteiger partial charge in [-0.25, -0.2) is 9.37 Å². The number of nitrogens with zero attached hydrogens (tertiary/aromatic N) is 3. The number of ether oxygens (including phenoxy) is 1. The van der Waals surface area contributed by atoms with Crippen LogP contribution in [-0.2, 0) is 6.61 Å². The van der Waals surface area contributed by atoms with Gasteiger partial charge in [0.05, 0.1) is 27.4 Å². The van der Waals surface area contributed by atoms with Crippen LogP contribution >= 0.6 is 11.6 Å². The maximum atomic E-state index is 13.4. The minimum absolute atomic E-state index is 0.121. The van der Waals surface area contributed by atoms with Crippen LogP contribution in [-0.4, -0.2) is 44.1 Å². The molecule has 1 fully saturated rings. The first kappa shape index (κ1) is 19.6. The fourth-order valence-electron chi connectivity index (χ4n) is 3.80. The minimum atomic E-state index is -0.371. The minimum Gasteiger partial charge on any atom is -0.486 e. The number of nitrogens with one attached hydrogen (secondary N) is 2. The predicted molar refractivity (Wildman–Crippen MR) is 114 cm³/mol. The van der Waals surface area contributed by atoms with E-state index in [2.05, 4.69) is 20.2 Å². The molecule has 5 rings (SSSR count). The highest BCUT2D eigenvalue weighted by Gasteiger charge is 2.31. The fourth-order valence-corrected chi connectivity index (χ4v) is 3.99. The fraction of sp³-hybridized carbons (Fsp3) is 0.227. The Bertz CT molecular complexity index is 1250. The zero-order valence-electron chi connectivity index (χ0n) is 16.4. The number of halogens is 2. The normalized spacial score (nSPS) is 16.2. The van der Waals surface area contributed by atoms with Gasteiger partial charge < -0.3 is 14.6 Å². The SMILES string of the molecule is O=C(c1nc2ccc(F)cc2[nH]1)N1CC[C@@H](c2cc(COc3ccccc3Cl)[nH]n2)C1. The number of imidazole rings is 1. The van der Waals surface area contributed by atoms with Crippen LogP contribution in [0.15, 0.2) is 48.5 Å². The lowest BCUT2D eigenvalue weighted by Gasteiger charge is -2.14. The third kappa shape index (κ3) is 3.98. The van der Waals surface area contributed by atoms with E-state index in [9.17, 15) is 9.18 Å². The molecule has 9 heteroatoms. The van der Waals surface area contributed by atoms with Crippen LogP contribution in [0.4, 0.5) is 4.39 Å². The van der Waals surface area contributed by atoms with Crippen molar-refractivity contribution in [2.24, 2.45) is 0 Å². The van der Waals surface area contributed by atoms with Gasteiger partial charge in [-0.15, -0.1) is 0 Å². The molecule has 0 spiro atoms. The molecule has 0 saturated carbocycles. The lowest BCUT2D eigenvalue weighted by Crippen LogP contribution is -2.29. The molecule has 31 heavy (non-hydrogen) atoms. The van der Waals surface area contributed by atoms with Crippen molar-refractivity contribution >= 4 is 28.5 Å². The van der Waals surface area contributed by atoms with Crippen molar-refractivity contribution in [1.29, 1.82) is 0 Å². The van der Waals surface area contributed by atoms with Crippen LogP contribution in [0.25, 0.3) is 11.0 Å². The van der Waals surface area contributed by atoms with E-state index in [0.717, 1.165) is 17.8 Å². The van der Waals surface area contributed by atoms with Gasteiger partial charge >= 0.3 is 0 Å². The van der Waals surface area contributed by atoms with E-state index in [1.807, 2.05) is 24.3 Å². The summed E-state index contributed by atoms with van der Waals surface area (Å²) >= 11 is 6.11. The van der Waals surface area contributed by atoms with Gasteiger partial charge in [0.1, 0.15) is 18.2 Å². The Morgan fingerprint density at radius 3 is 3.00 bits per heavy atom. The molecule has 0 unspecified atom stereocenters. The molecule has 0 bridgehead atoms. The third-order valence-electron chi connectivity index (χ3n) is 5.41. The molecular weight excluding hydrogens is 421 g/mol. The first-order chi connectivity index (χ1) is 15.1. The van der Waals surface area contributed by atoms with Crippen molar-refractivity contribution in [3.05, 3.63) is 76.6 Å². The second kappa shape index (κ2) is 8.03. The molecule has 7 nitrogen and oxygen atoms in total. The van der Waals surface area contributed by atoms with Crippen LogP contribution in [0.5, 0.6) is 5.75 Å². The number of hydrogen-bond acceptors (Lipinski definition) is 4. The molecule has 0 radical (unpaired) electrons. The summed E-state index contributed by atoms with van der Waals surface area (Å²) in [6, 6.07) is 13.5. The number of likely N-dealkylation sites (tertiary alicyclic amines) is 1. The number of carbonyl (C=O) groups is 1. The van der Waals surface area contributed by atoms with Gasteiger partial charge in [0, 0.05) is 19.0 Å². The van der Waals surface area contributed by atoms with Crippen LogP contribution < -0.4 is 4.74 Å². The summed E-state index contributed by atoms with van der Waals surface area (Å²) in [5, 5.41) is 7.95. The number of amides is 1. The van der Waals surface area contributed by atoms with Gasteiger partial charge in [0.15, 0.2) is 5.82 Å². The molecule has 1 atom stereocenters. The summed E-state index contributed by atoms with van der Waals surface area (Å²) in [7, 11) is 0. The lowest BCUT2D eigenvalue weighted by molar-refractivity contribution is 0.0780. The molecule has 1 saturated heterocycles. The molecule has 1 aliphatic heterocycles. The molecule has 1 amide bonds. The number of rotatable bonds is 5. The largest absolute Gasteiger partial charge is 0.486 e. The van der Waals surface area contributed by atoms with Crippen molar-refractivity contribution in [3.63, 3.8) is 0 Å². The van der Waals surface area contributed by atoms with Crippen molar-refractivity contribution in [2.75, 3.05) is 13.1 Å². The van der Waals surface area contributed by atoms with Crippen molar-refractivity contribution in [2.45, 2.75) is 18.9 Å². The van der Waals surface area contributed by atoms with Crippen molar-refractivity contribution in [1.82, 2.24) is 25.1 Å². The Morgan fingerprint density at radius 1 is 1.26 bits per heavy atom. The van der Waals surface area contributed by atoms with E-state index >= 15 is 0 Å². The second-order valence-electron chi connectivity index (χ2n) is 7.52. The van der Waals surface area contributed by atoms with Gasteiger partial charge in [-0.3, -0.25) is 9.89 Å². The first-order valence-corrected chi connectivity index (χ1v) is 10.3. The number of H-pyrrole nitrogens is 2. The van der Waals surface area contributed by atoms with E-state index in [-0.39, 0.29) is 23.5 Å². The Balaban J connectivity index is 1.23. The second-order valence-corrected chi connectivity index (χ2v) is 7.93. The molecule has 2 N–H and O–H groups in total. The number of benzene rings is 2. The van der Waals surface area contributed by atoms with E-state index in [1.165, 1.54) is 12.1 Å². The maximum Gasteiger partial charge on any atom is 0.289 e. The van der Waals surface area contributed by atoms with Crippen LogP contribution in [0, 0.1) is 5.82 Å². The Morgan fingerprint density at radius 2 is 2.13 bits per heavy atom. The summed E-state index contributed by atoms with van der Waals surface area (Å²) in [4.78, 5) is 21.8. The zero-order valence-corrected chi connectivity index (χ0v) is 17.2. The van der Waals surface area contributed by atoms with Crippen LogP contribution in [0.2, 0.25) is 5.02 Å². The van der Waals surface area contributed by atoms with Gasteiger partial charge in [0.2, 0.25) is 0 Å². The number of aromatic amines is 2. The number of aromatic nitrogens is 4. The molecule has 1 aliphatic rings. The molecular formula is C22H19ClFN5O2. The molecule has 3 heterocycles. The smallest absolute Gasteiger partial charge is 0.289 e. The Labute approximate surface area is 182 Å². The molecule has 2 aromatic carbocycles. The van der Waals surface area contributed by atoms with Gasteiger partial charge in [0.25, 0.3) is 5.91 Å². The topological polar surface area (TPSA) is 86.9 Å². The number of fused-ring (bicyclic) bond motifs is 1. The molecule has 158 valence electrons. The highest BCUT2D eigenvalue weighted by Crippen LogP contribution is 2.28. The quantitative estimate of drug-likeness (QED) is 0.485. The van der Waals surface area contributed by atoms with E-state index in [1.54, 1.807) is 17.0 Å². The van der Waals surface area contributed by atoms with E-state index in [0.29, 0.717) is 41.5 Å². The summed E-state index contributed by atoms with van der Waals surface area (Å²) in [5.41, 5.74) is 2.80. The molecule has 2 aromatic heterocycles. The zero-order chi connectivity index (χ0) is 21.4. The Kier molecular flexibility index (Phi) is 5.07. The summed E-state index contributed by atoms with van der Waals surface area (Å²) in [6.45, 7) is 1.47. The van der Waals surface area contributed by atoms with E-state index in [4.69, 9.17) is 16.3 Å². The number of carbonyl (C=O) groups excluding carboxylic acids is 1. The predicted octanol–water partition coefficient (Wildman–Crippen LogP) is 4.29. The van der Waals surface area contributed by atoms with Gasteiger partial charge in [-0.1, -0.05) is 23.7 Å². The average Bonchev–Trinajstić information content (AvgIpc) is 3.51. The highest BCUT2D eigenvalue weighted by molar-refractivity contribution is 6.32. The summed E-state index contributed by atoms with van der Waals surface area (Å²) < 4.78 is 19.1. The standard InChI is InChI=1S/C22H19ClFN5O2/c23-16-3-1-2-4-20(16)31-12-15-10-18(28-27-15)13-7-8-29(11-13)22(30)21-25-17-6-5-14(24)9-19(17)26-21/h1-6,9-10,13H,7-8,11-12H2,(H,25,26)(H,27,28)/t13-/m1/s1. The summed E-state index contributed by atoms with van der Waals surface area (Å²) in [6.07, 6.45) is 0.802. The van der Waals surface area contributed by atoms with Crippen LogP contribution in [0.3, 0.4) is 0 Å². The van der Waals surface area contributed by atoms with E-state index < -0.39 is 0 Å². The third-order valence-corrected chi connectivity index (χ3v) is 5.72. The molecule has 4 aromatic rings. The maximum absolute atomic E-state index is 13.4. The first-order valence-electron chi connectivity index (χ1n) is 9.93. The van der Waals surface area contributed by atoms with Crippen molar-refractivity contribution in [3.8, 4) is 5.75 Å². The average molecular weight is 440 g/mol. The highest BCUT2D eigenvalue weighted by atomic mass is 35.5. The number of para-hydroxylation sites is 1. The monoisotopic (exact) mass is 439 g/mol. The van der Waals surface area contributed by atoms with Gasteiger partial charge in [-0.05, 0) is 42.8 Å². The molecule has 0 aliphatic carbocycles. The Hall–Kier alpha value is -3.39. The lowest BCUT2D eigenvalue weighted by atomic mass is 10.1. The van der Waals surface area contributed by atoms with Crippen molar-refractivity contribution < 1.29 is 13.9 Å². The van der Waals surface area contributed by atoms with Gasteiger partial charge in [-0.2, -0.15) is 5.10 Å². The summed E-state index contributed by atoms with van der Waals surface area (Å²) in [5.74, 6) is 0.387.